The van der Waals surface area contributed by atoms with Crippen LogP contribution >= 0.6 is 0 Å². The van der Waals surface area contributed by atoms with Crippen LogP contribution in [0.15, 0.2) is 29.2 Å². The number of sulfonamides is 2. The zero-order valence-electron chi connectivity index (χ0n) is 12.8. The maximum Gasteiger partial charge on any atom is 0.240 e. The van der Waals surface area contributed by atoms with E-state index in [1.165, 1.54) is 14.1 Å². The molecule has 0 amide bonds. The molecule has 1 N–H and O–H groups in total. The summed E-state index contributed by atoms with van der Waals surface area (Å²) in [5, 5.41) is 0. The number of ether oxygens (including phenoxy) is 1. The molecular weight excluding hydrogens is 347 g/mol. The molecule has 1 aromatic carbocycles. The summed E-state index contributed by atoms with van der Waals surface area (Å²) in [7, 11) is -4.51. The normalized spacial score (nSPS) is 22.6. The Kier molecular flexibility index (Phi) is 5.41. The van der Waals surface area contributed by atoms with Crippen molar-refractivity contribution in [3.8, 4) is 0 Å². The van der Waals surface area contributed by atoms with Gasteiger partial charge in [0, 0.05) is 20.0 Å². The molecule has 0 aromatic heterocycles. The monoisotopic (exact) mass is 366 g/mol. The Bertz CT molecular complexity index is 747. The highest BCUT2D eigenvalue weighted by Gasteiger charge is 2.35. The van der Waals surface area contributed by atoms with E-state index in [2.05, 4.69) is 4.72 Å². The van der Waals surface area contributed by atoms with Gasteiger partial charge in [-0.3, -0.25) is 0 Å². The quantitative estimate of drug-likeness (QED) is 0.766. The molecule has 0 spiro atoms. The molecule has 7 nitrogen and oxygen atoms in total. The van der Waals surface area contributed by atoms with Crippen LogP contribution in [0.5, 0.6) is 0 Å². The molecule has 130 valence electrons. The summed E-state index contributed by atoms with van der Waals surface area (Å²) in [6, 6.07) is 3.75. The van der Waals surface area contributed by atoms with Gasteiger partial charge in [0.15, 0.2) is 0 Å². The predicted octanol–water partition coefficient (Wildman–Crippen LogP) is 0.0104. The van der Waals surface area contributed by atoms with E-state index >= 15 is 0 Å². The van der Waals surface area contributed by atoms with Crippen LogP contribution in [0.2, 0.25) is 0 Å². The van der Waals surface area contributed by atoms with Crippen LogP contribution in [0, 0.1) is 11.7 Å². The second-order valence-electron chi connectivity index (χ2n) is 5.54. The molecular formula is C13H19FN2O5S2. The molecule has 2 rings (SSSR count). The molecule has 0 radical (unpaired) electrons. The SMILES string of the molecule is CN(C)S(=O)(=O)C[C@@H]1COC[C@@H]1NS(=O)(=O)c1ccc(F)cc1. The Labute approximate surface area is 135 Å². The maximum absolute atomic E-state index is 12.9. The largest absolute Gasteiger partial charge is 0.379 e. The van der Waals surface area contributed by atoms with Crippen LogP contribution in [0.4, 0.5) is 4.39 Å². The highest BCUT2D eigenvalue weighted by atomic mass is 32.2. The third kappa shape index (κ3) is 4.48. The van der Waals surface area contributed by atoms with Crippen LogP contribution in [0.1, 0.15) is 0 Å². The van der Waals surface area contributed by atoms with Gasteiger partial charge in [0.2, 0.25) is 20.0 Å². The molecule has 0 aliphatic carbocycles. The molecule has 1 heterocycles. The fraction of sp³-hybridized carbons (Fsp3) is 0.538. The van der Waals surface area contributed by atoms with E-state index in [9.17, 15) is 21.2 Å². The van der Waals surface area contributed by atoms with E-state index in [4.69, 9.17) is 4.74 Å². The van der Waals surface area contributed by atoms with Crippen molar-refractivity contribution in [2.24, 2.45) is 5.92 Å². The lowest BCUT2D eigenvalue weighted by molar-refractivity contribution is 0.185. The van der Waals surface area contributed by atoms with Crippen molar-refractivity contribution >= 4 is 20.0 Å². The fourth-order valence-corrected chi connectivity index (χ4v) is 4.65. The van der Waals surface area contributed by atoms with Gasteiger partial charge in [0.1, 0.15) is 5.82 Å². The van der Waals surface area contributed by atoms with Crippen molar-refractivity contribution in [1.29, 1.82) is 0 Å². The van der Waals surface area contributed by atoms with Crippen molar-refractivity contribution in [3.05, 3.63) is 30.1 Å². The third-order valence-electron chi connectivity index (χ3n) is 3.61. The molecule has 23 heavy (non-hydrogen) atoms. The van der Waals surface area contributed by atoms with E-state index < -0.39 is 37.8 Å². The zero-order chi connectivity index (χ0) is 17.3. The average molecular weight is 366 g/mol. The summed E-state index contributed by atoms with van der Waals surface area (Å²) in [6.45, 7) is 0.248. The van der Waals surface area contributed by atoms with Crippen LogP contribution < -0.4 is 4.72 Å². The second-order valence-corrected chi connectivity index (χ2v) is 9.48. The minimum Gasteiger partial charge on any atom is -0.379 e. The predicted molar refractivity (Wildman–Crippen MR) is 82.3 cm³/mol. The van der Waals surface area contributed by atoms with Crippen molar-refractivity contribution < 1.29 is 26.0 Å². The molecule has 0 saturated carbocycles. The van der Waals surface area contributed by atoms with Gasteiger partial charge in [-0.25, -0.2) is 30.3 Å². The van der Waals surface area contributed by atoms with E-state index in [0.717, 1.165) is 28.6 Å². The maximum atomic E-state index is 12.9. The topological polar surface area (TPSA) is 92.8 Å². The van der Waals surface area contributed by atoms with Gasteiger partial charge in [-0.05, 0) is 24.3 Å². The van der Waals surface area contributed by atoms with Crippen molar-refractivity contribution in [1.82, 2.24) is 9.03 Å². The molecule has 1 saturated heterocycles. The van der Waals surface area contributed by atoms with Crippen LogP contribution in [-0.2, 0) is 24.8 Å². The molecule has 2 atom stereocenters. The van der Waals surface area contributed by atoms with E-state index in [0.29, 0.717) is 0 Å². The van der Waals surface area contributed by atoms with Gasteiger partial charge in [-0.1, -0.05) is 0 Å². The van der Waals surface area contributed by atoms with Gasteiger partial charge in [0.25, 0.3) is 0 Å². The number of hydrogen-bond donors (Lipinski definition) is 1. The van der Waals surface area contributed by atoms with Crippen molar-refractivity contribution in [2.75, 3.05) is 33.1 Å². The Morgan fingerprint density at radius 3 is 2.35 bits per heavy atom. The lowest BCUT2D eigenvalue weighted by Gasteiger charge is -2.21. The molecule has 1 aromatic rings. The molecule has 1 aliphatic rings. The number of rotatable bonds is 6. The minimum absolute atomic E-state index is 0.0833. The first kappa shape index (κ1) is 18.3. The first-order chi connectivity index (χ1) is 10.6. The smallest absolute Gasteiger partial charge is 0.240 e. The standard InChI is InChI=1S/C13H19FN2O5S2/c1-16(2)22(17,18)9-10-7-21-8-13(10)15-23(19,20)12-5-3-11(14)4-6-12/h3-6,10,13,15H,7-9H2,1-2H3/t10-,13-/m0/s1. The van der Waals surface area contributed by atoms with Crippen LogP contribution in [-0.4, -0.2) is 60.2 Å². The molecule has 0 bridgehead atoms. The number of nitrogens with zero attached hydrogens (tertiary/aromatic N) is 1. The lowest BCUT2D eigenvalue weighted by Crippen LogP contribution is -2.43. The fourth-order valence-electron chi connectivity index (χ4n) is 2.19. The second kappa shape index (κ2) is 6.81. The average Bonchev–Trinajstić information content (AvgIpc) is 2.85. The molecule has 1 aliphatic heterocycles. The molecule has 0 unspecified atom stereocenters. The van der Waals surface area contributed by atoms with Crippen LogP contribution in [0.3, 0.4) is 0 Å². The summed E-state index contributed by atoms with van der Waals surface area (Å²) in [6.07, 6.45) is 0. The summed E-state index contributed by atoms with van der Waals surface area (Å²) >= 11 is 0. The number of hydrogen-bond acceptors (Lipinski definition) is 5. The summed E-state index contributed by atoms with van der Waals surface area (Å²) in [5.74, 6) is -1.24. The summed E-state index contributed by atoms with van der Waals surface area (Å²) in [5.41, 5.74) is 0. The van der Waals surface area contributed by atoms with Gasteiger partial charge in [0.05, 0.1) is 29.9 Å². The minimum atomic E-state index is -3.87. The van der Waals surface area contributed by atoms with Crippen LogP contribution in [0.25, 0.3) is 0 Å². The Balaban J connectivity index is 2.13. The zero-order valence-corrected chi connectivity index (χ0v) is 14.4. The Hall–Kier alpha value is -1.07. The summed E-state index contributed by atoms with van der Waals surface area (Å²) in [4.78, 5) is -0.0833. The lowest BCUT2D eigenvalue weighted by atomic mass is 10.1. The third-order valence-corrected chi connectivity index (χ3v) is 7.08. The number of halogens is 1. The highest BCUT2D eigenvalue weighted by Crippen LogP contribution is 2.20. The molecule has 10 heteroatoms. The first-order valence-corrected chi connectivity index (χ1v) is 9.97. The number of benzene rings is 1. The van der Waals surface area contributed by atoms with Gasteiger partial charge >= 0.3 is 0 Å². The Morgan fingerprint density at radius 2 is 1.78 bits per heavy atom. The van der Waals surface area contributed by atoms with Gasteiger partial charge in [-0.15, -0.1) is 0 Å². The van der Waals surface area contributed by atoms with Crippen molar-refractivity contribution in [3.63, 3.8) is 0 Å². The number of nitrogens with one attached hydrogen (secondary N) is 1. The van der Waals surface area contributed by atoms with E-state index in [1.54, 1.807) is 0 Å². The van der Waals surface area contributed by atoms with Gasteiger partial charge < -0.3 is 4.74 Å². The molecule has 1 fully saturated rings. The van der Waals surface area contributed by atoms with Crippen molar-refractivity contribution in [2.45, 2.75) is 10.9 Å². The first-order valence-electron chi connectivity index (χ1n) is 6.88. The Morgan fingerprint density at radius 1 is 1.17 bits per heavy atom. The van der Waals surface area contributed by atoms with E-state index in [-0.39, 0.29) is 23.9 Å². The van der Waals surface area contributed by atoms with Gasteiger partial charge in [-0.2, -0.15) is 0 Å². The van der Waals surface area contributed by atoms with E-state index in [1.807, 2.05) is 0 Å². The highest BCUT2D eigenvalue weighted by molar-refractivity contribution is 7.89. The summed E-state index contributed by atoms with van der Waals surface area (Å²) < 4.78 is 70.2.